The van der Waals surface area contributed by atoms with E-state index >= 15 is 0 Å². The third kappa shape index (κ3) is 8.69. The number of hydrogen-bond acceptors (Lipinski definition) is 9. The van der Waals surface area contributed by atoms with Gasteiger partial charge in [-0.2, -0.15) is 4.31 Å². The van der Waals surface area contributed by atoms with Crippen molar-refractivity contribution < 1.29 is 32.6 Å². The lowest BCUT2D eigenvalue weighted by Crippen LogP contribution is -2.48. The Bertz CT molecular complexity index is 1580. The predicted octanol–water partition coefficient (Wildman–Crippen LogP) is 3.18. The number of nitrogens with zero attached hydrogens (tertiary/aromatic N) is 5. The normalized spacial score (nSPS) is 20.8. The summed E-state index contributed by atoms with van der Waals surface area (Å²) in [6, 6.07) is 7.54. The lowest BCUT2D eigenvalue weighted by molar-refractivity contribution is -0.00835. The van der Waals surface area contributed by atoms with Crippen LogP contribution in [0.4, 0.5) is 5.69 Å². The number of likely N-dealkylation sites (N-methyl/N-ethyl adjacent to an activating group) is 1. The number of anilines is 1. The Labute approximate surface area is 270 Å². The number of carbonyl (C=O) groups excluding carboxylic acids is 2. The van der Waals surface area contributed by atoms with Crippen molar-refractivity contribution in [3.05, 3.63) is 66.4 Å². The van der Waals surface area contributed by atoms with Gasteiger partial charge in [0.2, 0.25) is 0 Å². The summed E-state index contributed by atoms with van der Waals surface area (Å²) in [5, 5.41) is 13.0. The zero-order valence-electron chi connectivity index (χ0n) is 27.0. The van der Waals surface area contributed by atoms with Crippen LogP contribution in [-0.2, 0) is 21.8 Å². The number of benzene rings is 1. The van der Waals surface area contributed by atoms with Gasteiger partial charge in [0.05, 0.1) is 36.7 Å². The van der Waals surface area contributed by atoms with Gasteiger partial charge >= 0.3 is 0 Å². The zero-order valence-corrected chi connectivity index (χ0v) is 27.8. The molecule has 0 unspecified atom stereocenters. The first-order chi connectivity index (χ1) is 21.9. The minimum absolute atomic E-state index is 0.0386. The van der Waals surface area contributed by atoms with Crippen molar-refractivity contribution in [2.24, 2.45) is 13.0 Å². The van der Waals surface area contributed by atoms with E-state index in [1.807, 2.05) is 13.8 Å². The molecule has 14 heteroatoms. The number of rotatable bonds is 8. The van der Waals surface area contributed by atoms with Crippen LogP contribution in [0.1, 0.15) is 60.7 Å². The molecule has 4 atom stereocenters. The second kappa shape index (κ2) is 15.6. The first kappa shape index (κ1) is 35.0. The number of nitrogens with one attached hydrogen (secondary N) is 1. The van der Waals surface area contributed by atoms with Gasteiger partial charge in [-0.1, -0.05) is 6.92 Å². The van der Waals surface area contributed by atoms with Crippen molar-refractivity contribution >= 4 is 27.5 Å². The first-order valence-corrected chi connectivity index (χ1v) is 16.8. The monoisotopic (exact) mass is 656 g/mol. The van der Waals surface area contributed by atoms with E-state index in [2.05, 4.69) is 15.3 Å². The lowest BCUT2D eigenvalue weighted by Gasteiger charge is -2.35. The molecule has 3 heterocycles. The van der Waals surface area contributed by atoms with E-state index in [9.17, 15) is 23.1 Å². The molecule has 0 saturated heterocycles. The Kier molecular flexibility index (Phi) is 11.9. The highest BCUT2D eigenvalue weighted by atomic mass is 32.2. The van der Waals surface area contributed by atoms with Gasteiger partial charge in [-0.15, -0.1) is 0 Å². The van der Waals surface area contributed by atoms with Crippen molar-refractivity contribution in [3.8, 4) is 5.75 Å². The Balaban J connectivity index is 1.65. The molecule has 1 aliphatic rings. The molecule has 0 aliphatic carbocycles. The van der Waals surface area contributed by atoms with E-state index in [1.54, 1.807) is 53.8 Å². The van der Waals surface area contributed by atoms with Crippen molar-refractivity contribution in [1.29, 1.82) is 0 Å². The predicted molar refractivity (Wildman–Crippen MR) is 172 cm³/mol. The van der Waals surface area contributed by atoms with Crippen LogP contribution in [0.15, 0.2) is 60.3 Å². The van der Waals surface area contributed by atoms with Crippen LogP contribution in [0.25, 0.3) is 0 Å². The number of carbonyl (C=O) groups is 2. The molecule has 0 saturated carbocycles. The molecule has 2 aromatic heterocycles. The average molecular weight is 657 g/mol. The van der Waals surface area contributed by atoms with Crippen molar-refractivity contribution in [3.63, 3.8) is 0 Å². The summed E-state index contributed by atoms with van der Waals surface area (Å²) >= 11 is 0. The molecule has 46 heavy (non-hydrogen) atoms. The van der Waals surface area contributed by atoms with Crippen LogP contribution < -0.4 is 10.1 Å². The molecule has 0 spiro atoms. The summed E-state index contributed by atoms with van der Waals surface area (Å²) in [7, 11) is -0.696. The van der Waals surface area contributed by atoms with Gasteiger partial charge in [0, 0.05) is 69.6 Å². The maximum Gasteiger partial charge on any atom is 0.261 e. The molecular formula is C32H44N6O7S. The SMILES string of the molecule is C[C@@H]1CCCCO[C@H](CN(C)S(=O)(=O)c2cn(C)cn2)[C@H](C)CN([C@@H](C)CO)C(=O)c2cc(NC(=O)c3ccncc3)ccc2O1. The van der Waals surface area contributed by atoms with Gasteiger partial charge in [-0.25, -0.2) is 13.4 Å². The van der Waals surface area contributed by atoms with Crippen LogP contribution in [-0.4, -0.2) is 101 Å². The molecule has 0 bridgehead atoms. The fourth-order valence-corrected chi connectivity index (χ4v) is 6.35. The van der Waals surface area contributed by atoms with Gasteiger partial charge in [-0.3, -0.25) is 14.6 Å². The largest absolute Gasteiger partial charge is 0.490 e. The number of fused-ring (bicyclic) bond motifs is 1. The van der Waals surface area contributed by atoms with Gasteiger partial charge < -0.3 is 29.4 Å². The maximum absolute atomic E-state index is 14.3. The first-order valence-electron chi connectivity index (χ1n) is 15.4. The summed E-state index contributed by atoms with van der Waals surface area (Å²) in [5.41, 5.74) is 1.05. The molecule has 2 N–H and O–H groups in total. The second-order valence-corrected chi connectivity index (χ2v) is 13.9. The standard InChI is InChI=1S/C32H44N6O7S/c1-22-17-38(23(2)20-39)32(41)27-16-26(35-31(40)25-11-13-33-14-12-25)9-10-28(27)45-24(3)8-6-7-15-44-29(22)18-37(5)46(42,43)30-19-36(4)21-34-30/h9-14,16,19,21-24,29,39H,6-8,15,17-18,20H2,1-5H3,(H,35,40)/t22-,23+,24-,29-/m1/s1. The Hall–Kier alpha value is -3.85. The quantitative estimate of drug-likeness (QED) is 0.372. The highest BCUT2D eigenvalue weighted by Crippen LogP contribution is 2.29. The zero-order chi connectivity index (χ0) is 33.4. The number of aromatic nitrogens is 3. The highest BCUT2D eigenvalue weighted by Gasteiger charge is 2.33. The lowest BCUT2D eigenvalue weighted by atomic mass is 10.0. The number of pyridine rings is 1. The summed E-state index contributed by atoms with van der Waals surface area (Å²) in [5.74, 6) is -0.724. The summed E-state index contributed by atoms with van der Waals surface area (Å²) in [6.45, 7) is 5.86. The highest BCUT2D eigenvalue weighted by molar-refractivity contribution is 7.89. The van der Waals surface area contributed by atoms with E-state index in [0.29, 0.717) is 30.0 Å². The van der Waals surface area contributed by atoms with E-state index in [1.165, 1.54) is 36.3 Å². The summed E-state index contributed by atoms with van der Waals surface area (Å²) in [4.78, 5) is 36.7. The molecule has 0 fully saturated rings. The third-order valence-electron chi connectivity index (χ3n) is 8.04. The fourth-order valence-electron chi connectivity index (χ4n) is 5.20. The number of hydrogen-bond donors (Lipinski definition) is 2. The van der Waals surface area contributed by atoms with Crippen LogP contribution in [0, 0.1) is 5.92 Å². The molecule has 0 radical (unpaired) electrons. The van der Waals surface area contributed by atoms with Crippen molar-refractivity contribution in [2.75, 3.05) is 38.7 Å². The molecule has 1 aliphatic heterocycles. The Morgan fingerprint density at radius 3 is 2.61 bits per heavy atom. The van der Waals surface area contributed by atoms with Gasteiger partial charge in [0.1, 0.15) is 5.75 Å². The number of imidazole rings is 1. The van der Waals surface area contributed by atoms with Gasteiger partial charge in [0.15, 0.2) is 5.03 Å². The van der Waals surface area contributed by atoms with E-state index in [4.69, 9.17) is 9.47 Å². The molecule has 250 valence electrons. The van der Waals surface area contributed by atoms with E-state index < -0.39 is 28.1 Å². The molecule has 2 amide bonds. The minimum Gasteiger partial charge on any atom is -0.490 e. The summed E-state index contributed by atoms with van der Waals surface area (Å²) < 4.78 is 41.9. The maximum atomic E-state index is 14.3. The fraction of sp³-hybridized carbons (Fsp3) is 0.500. The molecule has 3 aromatic rings. The van der Waals surface area contributed by atoms with Crippen LogP contribution in [0.5, 0.6) is 5.75 Å². The van der Waals surface area contributed by atoms with Crippen LogP contribution in [0.2, 0.25) is 0 Å². The second-order valence-electron chi connectivity index (χ2n) is 11.9. The molecule has 13 nitrogen and oxygen atoms in total. The third-order valence-corrected chi connectivity index (χ3v) is 9.75. The minimum atomic E-state index is -3.88. The van der Waals surface area contributed by atoms with Crippen molar-refractivity contribution in [2.45, 2.75) is 63.3 Å². The smallest absolute Gasteiger partial charge is 0.261 e. The average Bonchev–Trinajstić information content (AvgIpc) is 3.49. The topological polar surface area (TPSA) is 156 Å². The summed E-state index contributed by atoms with van der Waals surface area (Å²) in [6.07, 6.45) is 7.36. The van der Waals surface area contributed by atoms with Crippen LogP contribution in [0.3, 0.4) is 0 Å². The van der Waals surface area contributed by atoms with E-state index in [0.717, 1.165) is 12.8 Å². The molecule has 1 aromatic carbocycles. The van der Waals surface area contributed by atoms with Crippen molar-refractivity contribution in [1.82, 2.24) is 23.7 Å². The molecular weight excluding hydrogens is 612 g/mol. The number of aliphatic hydroxyl groups is 1. The number of sulfonamides is 1. The van der Waals surface area contributed by atoms with Gasteiger partial charge in [0.25, 0.3) is 21.8 Å². The number of aryl methyl sites for hydroxylation is 1. The van der Waals surface area contributed by atoms with E-state index in [-0.39, 0.29) is 48.2 Å². The number of amides is 2. The Morgan fingerprint density at radius 1 is 1.20 bits per heavy atom. The van der Waals surface area contributed by atoms with Gasteiger partial charge in [-0.05, 0) is 63.4 Å². The van der Waals surface area contributed by atoms with Crippen LogP contribution >= 0.6 is 0 Å². The molecule has 4 rings (SSSR count). The number of aliphatic hydroxyl groups excluding tert-OH is 1. The Morgan fingerprint density at radius 2 is 1.93 bits per heavy atom. The number of ether oxygens (including phenoxy) is 2.